The van der Waals surface area contributed by atoms with Crippen LogP contribution in [0.25, 0.3) is 0 Å². The van der Waals surface area contributed by atoms with Crippen LogP contribution in [0.15, 0.2) is 12.4 Å². The van der Waals surface area contributed by atoms with Crippen molar-refractivity contribution in [1.29, 1.82) is 0 Å². The quantitative estimate of drug-likeness (QED) is 0.805. The maximum absolute atomic E-state index is 10.6. The zero-order valence-corrected chi connectivity index (χ0v) is 15.8. The lowest BCUT2D eigenvalue weighted by molar-refractivity contribution is -0.192. The molecular formula is C16H23F3N6O3. The van der Waals surface area contributed by atoms with Gasteiger partial charge >= 0.3 is 12.1 Å². The first-order valence-electron chi connectivity index (χ1n) is 8.56. The number of carboxylic acid groups (broad SMARTS) is 1. The summed E-state index contributed by atoms with van der Waals surface area (Å²) in [5, 5.41) is 20.0. The maximum atomic E-state index is 10.6. The fourth-order valence-electron chi connectivity index (χ4n) is 3.09. The standard InChI is InChI=1S/C14H22N6O.C2HF3O2/c1-4-20-14-12(10-21-3)8-19(9-13(14)16-17-20)7-11-5-15-18(2)6-11;3-2(4,5)1(6)7/h5-6,12H,4,7-10H2,1-3H3;(H,6,7). The van der Waals surface area contributed by atoms with Crippen molar-refractivity contribution < 1.29 is 27.8 Å². The molecule has 0 spiro atoms. The zero-order chi connectivity index (χ0) is 20.9. The average Bonchev–Trinajstić information content (AvgIpc) is 3.20. The van der Waals surface area contributed by atoms with Crippen LogP contribution in [0.1, 0.15) is 29.8 Å². The van der Waals surface area contributed by atoms with E-state index in [0.29, 0.717) is 12.5 Å². The van der Waals surface area contributed by atoms with Crippen molar-refractivity contribution >= 4 is 5.97 Å². The van der Waals surface area contributed by atoms with E-state index in [0.717, 1.165) is 31.9 Å². The molecule has 2 aromatic rings. The largest absolute Gasteiger partial charge is 0.490 e. The lowest BCUT2D eigenvalue weighted by Crippen LogP contribution is -2.36. The number of ether oxygens (including phenoxy) is 1. The first kappa shape index (κ1) is 21.8. The number of alkyl halides is 3. The summed E-state index contributed by atoms with van der Waals surface area (Å²) in [6, 6.07) is 0. The van der Waals surface area contributed by atoms with E-state index < -0.39 is 12.1 Å². The number of fused-ring (bicyclic) bond motifs is 1. The number of aryl methyl sites for hydroxylation is 2. The molecule has 1 N–H and O–H groups in total. The third-order valence-corrected chi connectivity index (χ3v) is 4.16. The molecule has 12 heteroatoms. The normalized spacial score (nSPS) is 17.0. The summed E-state index contributed by atoms with van der Waals surface area (Å²) in [6.07, 6.45) is -1.10. The van der Waals surface area contributed by atoms with Crippen molar-refractivity contribution in [3.05, 3.63) is 29.3 Å². The van der Waals surface area contributed by atoms with Crippen LogP contribution in [0.5, 0.6) is 0 Å². The number of rotatable bonds is 5. The highest BCUT2D eigenvalue weighted by molar-refractivity contribution is 5.73. The number of hydrogen-bond donors (Lipinski definition) is 1. The van der Waals surface area contributed by atoms with Gasteiger partial charge in [-0.15, -0.1) is 5.10 Å². The van der Waals surface area contributed by atoms with Gasteiger partial charge in [-0.2, -0.15) is 18.3 Å². The Hall–Kier alpha value is -2.47. The van der Waals surface area contributed by atoms with Gasteiger partial charge in [-0.3, -0.25) is 9.58 Å². The molecule has 156 valence electrons. The van der Waals surface area contributed by atoms with Crippen molar-refractivity contribution in [2.24, 2.45) is 7.05 Å². The molecule has 1 aliphatic rings. The fraction of sp³-hybridized carbons (Fsp3) is 0.625. The number of methoxy groups -OCH3 is 1. The highest BCUT2D eigenvalue weighted by Gasteiger charge is 2.38. The van der Waals surface area contributed by atoms with Gasteiger partial charge in [-0.25, -0.2) is 9.48 Å². The lowest BCUT2D eigenvalue weighted by Gasteiger charge is -2.31. The first-order valence-corrected chi connectivity index (χ1v) is 8.56. The second-order valence-corrected chi connectivity index (χ2v) is 6.38. The second-order valence-electron chi connectivity index (χ2n) is 6.38. The van der Waals surface area contributed by atoms with E-state index >= 15 is 0 Å². The summed E-state index contributed by atoms with van der Waals surface area (Å²) in [7, 11) is 3.69. The molecule has 1 unspecified atom stereocenters. The van der Waals surface area contributed by atoms with Gasteiger partial charge in [0.2, 0.25) is 0 Å². The Labute approximate surface area is 159 Å². The minimum atomic E-state index is -5.08. The van der Waals surface area contributed by atoms with Gasteiger partial charge in [0, 0.05) is 58.0 Å². The van der Waals surface area contributed by atoms with E-state index in [4.69, 9.17) is 14.6 Å². The van der Waals surface area contributed by atoms with Crippen LogP contribution in [-0.4, -0.2) is 67.2 Å². The van der Waals surface area contributed by atoms with Crippen LogP contribution in [-0.2, 0) is 36.2 Å². The molecule has 0 radical (unpaired) electrons. The monoisotopic (exact) mass is 404 g/mol. The van der Waals surface area contributed by atoms with Gasteiger partial charge in [-0.05, 0) is 6.92 Å². The van der Waals surface area contributed by atoms with Crippen molar-refractivity contribution in [3.8, 4) is 0 Å². The van der Waals surface area contributed by atoms with E-state index in [2.05, 4.69) is 33.4 Å². The summed E-state index contributed by atoms with van der Waals surface area (Å²) in [5.41, 5.74) is 3.54. The number of aromatic nitrogens is 5. The Morgan fingerprint density at radius 1 is 1.43 bits per heavy atom. The summed E-state index contributed by atoms with van der Waals surface area (Å²) >= 11 is 0. The molecule has 28 heavy (non-hydrogen) atoms. The van der Waals surface area contributed by atoms with E-state index in [1.54, 1.807) is 7.11 Å². The molecule has 3 rings (SSSR count). The average molecular weight is 404 g/mol. The molecule has 1 atom stereocenters. The van der Waals surface area contributed by atoms with Gasteiger partial charge in [0.25, 0.3) is 0 Å². The Balaban J connectivity index is 0.000000345. The summed E-state index contributed by atoms with van der Waals surface area (Å²) < 4.78 is 41.0. The van der Waals surface area contributed by atoms with Gasteiger partial charge in [0.1, 0.15) is 5.69 Å². The predicted octanol–water partition coefficient (Wildman–Crippen LogP) is 1.41. The number of carboxylic acids is 1. The number of halogens is 3. The predicted molar refractivity (Wildman–Crippen MR) is 91.3 cm³/mol. The van der Waals surface area contributed by atoms with E-state index in [-0.39, 0.29) is 0 Å². The van der Waals surface area contributed by atoms with E-state index in [1.165, 1.54) is 11.3 Å². The van der Waals surface area contributed by atoms with Gasteiger partial charge in [-0.1, -0.05) is 5.21 Å². The number of hydrogen-bond acceptors (Lipinski definition) is 6. The SMILES string of the molecule is CCn1nnc2c1C(COC)CN(Cc1cnn(C)c1)C2.O=C(O)C(F)(F)F. The van der Waals surface area contributed by atoms with E-state index in [9.17, 15) is 13.2 Å². The molecule has 0 bridgehead atoms. The third-order valence-electron chi connectivity index (χ3n) is 4.16. The molecule has 3 heterocycles. The lowest BCUT2D eigenvalue weighted by atomic mass is 9.98. The van der Waals surface area contributed by atoms with Crippen LogP contribution in [0, 0.1) is 0 Å². The van der Waals surface area contributed by atoms with Crippen molar-refractivity contribution in [2.45, 2.75) is 38.7 Å². The molecule has 1 aliphatic heterocycles. The Bertz CT molecular complexity index is 789. The molecule has 0 aliphatic carbocycles. The highest BCUT2D eigenvalue weighted by atomic mass is 19.4. The molecule has 2 aromatic heterocycles. The summed E-state index contributed by atoms with van der Waals surface area (Å²) in [6.45, 7) is 6.33. The van der Waals surface area contributed by atoms with Crippen LogP contribution >= 0.6 is 0 Å². The van der Waals surface area contributed by atoms with Crippen LogP contribution in [0.2, 0.25) is 0 Å². The Morgan fingerprint density at radius 3 is 2.61 bits per heavy atom. The Morgan fingerprint density at radius 2 is 2.11 bits per heavy atom. The van der Waals surface area contributed by atoms with Crippen LogP contribution < -0.4 is 0 Å². The van der Waals surface area contributed by atoms with E-state index in [1.807, 2.05) is 22.6 Å². The first-order chi connectivity index (χ1) is 13.2. The molecule has 0 saturated heterocycles. The molecule has 0 amide bonds. The maximum Gasteiger partial charge on any atom is 0.490 e. The second kappa shape index (κ2) is 9.15. The topological polar surface area (TPSA) is 98.3 Å². The fourth-order valence-corrected chi connectivity index (χ4v) is 3.09. The number of nitrogens with zero attached hydrogens (tertiary/aromatic N) is 6. The molecular weight excluding hydrogens is 381 g/mol. The summed E-state index contributed by atoms with van der Waals surface area (Å²) in [4.78, 5) is 11.3. The highest BCUT2D eigenvalue weighted by Crippen LogP contribution is 2.28. The van der Waals surface area contributed by atoms with Crippen LogP contribution in [0.3, 0.4) is 0 Å². The Kier molecular flexibility index (Phi) is 7.13. The summed E-state index contributed by atoms with van der Waals surface area (Å²) in [5.74, 6) is -2.43. The molecule has 0 aromatic carbocycles. The van der Waals surface area contributed by atoms with Crippen molar-refractivity contribution in [3.63, 3.8) is 0 Å². The van der Waals surface area contributed by atoms with Gasteiger partial charge in [0.05, 0.1) is 18.5 Å². The number of carbonyl (C=O) groups is 1. The van der Waals surface area contributed by atoms with Gasteiger partial charge in [0.15, 0.2) is 0 Å². The smallest absolute Gasteiger partial charge is 0.475 e. The van der Waals surface area contributed by atoms with Crippen molar-refractivity contribution in [1.82, 2.24) is 29.7 Å². The van der Waals surface area contributed by atoms with Crippen molar-refractivity contribution in [2.75, 3.05) is 20.3 Å². The molecule has 0 saturated carbocycles. The number of aliphatic carboxylic acids is 1. The zero-order valence-electron chi connectivity index (χ0n) is 15.8. The molecule has 0 fully saturated rings. The minimum absolute atomic E-state index is 0.324. The van der Waals surface area contributed by atoms with Crippen LogP contribution in [0.4, 0.5) is 13.2 Å². The minimum Gasteiger partial charge on any atom is -0.475 e. The molecule has 9 nitrogen and oxygen atoms in total. The third kappa shape index (κ3) is 5.52. The van der Waals surface area contributed by atoms with Gasteiger partial charge < -0.3 is 9.84 Å².